The molecule has 0 aliphatic heterocycles. The first kappa shape index (κ1) is 18.2. The zero-order chi connectivity index (χ0) is 18.7. The first-order chi connectivity index (χ1) is 13.1. The van der Waals surface area contributed by atoms with E-state index in [4.69, 9.17) is 0 Å². The van der Waals surface area contributed by atoms with Crippen molar-refractivity contribution in [2.45, 2.75) is 13.1 Å². The van der Waals surface area contributed by atoms with Gasteiger partial charge in [-0.15, -0.1) is 22.7 Å². The van der Waals surface area contributed by atoms with Crippen LogP contribution in [0.5, 0.6) is 0 Å². The van der Waals surface area contributed by atoms with Crippen LogP contribution >= 0.6 is 22.7 Å². The maximum absolute atomic E-state index is 2.44. The summed E-state index contributed by atoms with van der Waals surface area (Å²) >= 11 is 3.75. The van der Waals surface area contributed by atoms with E-state index in [2.05, 4.69) is 109 Å². The van der Waals surface area contributed by atoms with Gasteiger partial charge in [-0.1, -0.05) is 85.0 Å². The van der Waals surface area contributed by atoms with Crippen molar-refractivity contribution in [2.24, 2.45) is 0 Å². The number of benzene rings is 3. The monoisotopic (exact) mass is 402 g/mol. The lowest BCUT2D eigenvalue weighted by molar-refractivity contribution is 1.71. The van der Waals surface area contributed by atoms with E-state index in [0.717, 1.165) is 0 Å². The minimum absolute atomic E-state index is 1.35. The Kier molecular flexibility index (Phi) is 5.26. The Labute approximate surface area is 169 Å². The molecule has 0 nitrogen and oxygen atoms in total. The molecule has 0 unspecified atom stereocenters. The maximum atomic E-state index is 2.44. The Balaban J connectivity index is 0.000000167. The van der Waals surface area contributed by atoms with Gasteiger partial charge in [-0.25, -0.2) is 0 Å². The van der Waals surface area contributed by atoms with E-state index in [1.807, 2.05) is 11.3 Å². The summed E-state index contributed by atoms with van der Waals surface area (Å²) in [5.41, 5.74) is 0. The predicted molar refractivity (Wildman–Crippen MR) is 127 cm³/mol. The second kappa shape index (κ2) is 7.81. The molecule has 3 aromatic carbocycles. The highest BCUT2D eigenvalue weighted by atomic mass is 32.1. The molecule has 27 heavy (non-hydrogen) atoms. The lowest BCUT2D eigenvalue weighted by Crippen LogP contribution is -2.51. The molecule has 0 aliphatic carbocycles. The normalized spacial score (nSPS) is 11.3. The van der Waals surface area contributed by atoms with E-state index in [9.17, 15) is 0 Å². The van der Waals surface area contributed by atoms with E-state index < -0.39 is 8.07 Å². The summed E-state index contributed by atoms with van der Waals surface area (Å²) < 4.78 is 4.34. The van der Waals surface area contributed by atoms with Gasteiger partial charge in [0.2, 0.25) is 0 Å². The summed E-state index contributed by atoms with van der Waals surface area (Å²) in [5.74, 6) is 0. The summed E-state index contributed by atoms with van der Waals surface area (Å²) in [6.07, 6.45) is 0. The molecule has 0 N–H and O–H groups in total. The van der Waals surface area contributed by atoms with E-state index in [1.54, 1.807) is 15.8 Å². The molecule has 2 heterocycles. The van der Waals surface area contributed by atoms with E-state index >= 15 is 0 Å². The minimum atomic E-state index is -1.52. The Morgan fingerprint density at radius 2 is 1.26 bits per heavy atom. The van der Waals surface area contributed by atoms with Crippen LogP contribution in [0.25, 0.3) is 20.2 Å². The van der Waals surface area contributed by atoms with E-state index in [1.165, 1.54) is 25.4 Å². The molecule has 0 saturated carbocycles. The minimum Gasteiger partial charge on any atom is -0.145 e. The topological polar surface area (TPSA) is 0 Å². The van der Waals surface area contributed by atoms with Crippen LogP contribution < -0.4 is 9.69 Å². The predicted octanol–water partition coefficient (Wildman–Crippen LogP) is 6.63. The van der Waals surface area contributed by atoms with Crippen LogP contribution in [0.15, 0.2) is 96.4 Å². The van der Waals surface area contributed by atoms with Crippen LogP contribution in [0.4, 0.5) is 0 Å². The maximum Gasteiger partial charge on any atom is 0.124 e. The highest BCUT2D eigenvalue weighted by Gasteiger charge is 2.27. The zero-order valence-corrected chi connectivity index (χ0v) is 18.2. The summed E-state index contributed by atoms with van der Waals surface area (Å²) in [4.78, 5) is 0. The van der Waals surface area contributed by atoms with Gasteiger partial charge in [0, 0.05) is 9.40 Å². The SMILES string of the molecule is C[Si](C)(c1ccccc1)c1cc2ccccc2s1.c1ccc2sccc2c1. The van der Waals surface area contributed by atoms with Crippen molar-refractivity contribution >= 4 is 60.6 Å². The van der Waals surface area contributed by atoms with Crippen molar-refractivity contribution in [1.82, 2.24) is 0 Å². The summed E-state index contributed by atoms with van der Waals surface area (Å²) in [5, 5.41) is 6.36. The largest absolute Gasteiger partial charge is 0.145 e. The number of fused-ring (bicyclic) bond motifs is 2. The van der Waals surface area contributed by atoms with E-state index in [-0.39, 0.29) is 0 Å². The first-order valence-corrected chi connectivity index (χ1v) is 13.8. The molecule has 0 fully saturated rings. The van der Waals surface area contributed by atoms with Crippen molar-refractivity contribution < 1.29 is 0 Å². The first-order valence-electron chi connectivity index (χ1n) is 9.11. The standard InChI is InChI=1S/C16H16SSi.C8H6S/c1-18(2,14-9-4-3-5-10-14)16-12-13-8-6-7-11-15(13)17-16;1-2-4-8-7(3-1)5-6-9-8/h3-12H,1-2H3;1-6H. The van der Waals surface area contributed by atoms with Crippen LogP contribution in [0.3, 0.4) is 0 Å². The van der Waals surface area contributed by atoms with Crippen LogP contribution in [0.1, 0.15) is 0 Å². The molecule has 0 amide bonds. The fourth-order valence-corrected chi connectivity index (χ4v) is 8.33. The van der Waals surface area contributed by atoms with Gasteiger partial charge in [-0.3, -0.25) is 0 Å². The highest BCUT2D eigenvalue weighted by molar-refractivity contribution is 7.33. The lowest BCUT2D eigenvalue weighted by Gasteiger charge is -2.21. The Morgan fingerprint density at radius 1 is 0.630 bits per heavy atom. The molecular formula is C24H22S2Si. The molecule has 0 radical (unpaired) electrons. The number of hydrogen-bond acceptors (Lipinski definition) is 2. The van der Waals surface area contributed by atoms with Crippen molar-refractivity contribution in [1.29, 1.82) is 0 Å². The third-order valence-electron chi connectivity index (χ3n) is 4.90. The third kappa shape index (κ3) is 3.91. The number of rotatable bonds is 2. The Hall–Kier alpha value is -2.20. The molecule has 3 heteroatoms. The molecule has 5 rings (SSSR count). The molecule has 0 saturated heterocycles. The van der Waals surface area contributed by atoms with Gasteiger partial charge in [0.25, 0.3) is 0 Å². The fraction of sp³-hybridized carbons (Fsp3) is 0.0833. The average molecular weight is 403 g/mol. The summed E-state index contributed by atoms with van der Waals surface area (Å²) in [6.45, 7) is 4.88. The van der Waals surface area contributed by atoms with Gasteiger partial charge in [-0.2, -0.15) is 0 Å². The molecule has 0 bridgehead atoms. The average Bonchev–Trinajstić information content (AvgIpc) is 3.36. The molecule has 0 atom stereocenters. The van der Waals surface area contributed by atoms with Gasteiger partial charge < -0.3 is 0 Å². The van der Waals surface area contributed by atoms with Crippen LogP contribution in [0, 0.1) is 0 Å². The van der Waals surface area contributed by atoms with Gasteiger partial charge in [-0.05, 0) is 44.9 Å². The molecule has 2 aromatic heterocycles. The van der Waals surface area contributed by atoms with Crippen molar-refractivity contribution in [2.75, 3.05) is 0 Å². The Morgan fingerprint density at radius 3 is 1.96 bits per heavy atom. The van der Waals surface area contributed by atoms with Gasteiger partial charge in [0.15, 0.2) is 0 Å². The van der Waals surface area contributed by atoms with Gasteiger partial charge in [0.1, 0.15) is 8.07 Å². The van der Waals surface area contributed by atoms with Crippen LogP contribution in [-0.4, -0.2) is 8.07 Å². The third-order valence-corrected chi connectivity index (χ3v) is 11.7. The summed E-state index contributed by atoms with van der Waals surface area (Å²) in [7, 11) is -1.52. The zero-order valence-electron chi connectivity index (χ0n) is 15.6. The van der Waals surface area contributed by atoms with Crippen molar-refractivity contribution in [3.8, 4) is 0 Å². The molecule has 134 valence electrons. The Bertz CT molecular complexity index is 1090. The highest BCUT2D eigenvalue weighted by Crippen LogP contribution is 2.22. The molecule has 0 spiro atoms. The van der Waals surface area contributed by atoms with Gasteiger partial charge >= 0.3 is 0 Å². The second-order valence-corrected chi connectivity index (χ2v) is 13.9. The molecule has 0 aliphatic rings. The quantitative estimate of drug-likeness (QED) is 0.291. The number of hydrogen-bond donors (Lipinski definition) is 0. The van der Waals surface area contributed by atoms with Gasteiger partial charge in [0.05, 0.1) is 0 Å². The van der Waals surface area contributed by atoms with Crippen molar-refractivity contribution in [3.05, 3.63) is 96.4 Å². The van der Waals surface area contributed by atoms with Crippen LogP contribution in [0.2, 0.25) is 13.1 Å². The second-order valence-electron chi connectivity index (χ2n) is 7.10. The van der Waals surface area contributed by atoms with Crippen LogP contribution in [-0.2, 0) is 0 Å². The van der Waals surface area contributed by atoms with Crippen molar-refractivity contribution in [3.63, 3.8) is 0 Å². The lowest BCUT2D eigenvalue weighted by atomic mass is 10.3. The fourth-order valence-electron chi connectivity index (χ4n) is 3.19. The van der Waals surface area contributed by atoms with E-state index in [0.29, 0.717) is 0 Å². The number of thiophene rings is 2. The smallest absolute Gasteiger partial charge is 0.124 e. The summed E-state index contributed by atoms with van der Waals surface area (Å²) in [6, 6.07) is 32.6. The molecule has 5 aromatic rings. The molecular weight excluding hydrogens is 380 g/mol.